The zero-order valence-corrected chi connectivity index (χ0v) is 17.9. The molecule has 0 saturated heterocycles. The van der Waals surface area contributed by atoms with Crippen LogP contribution in [0, 0.1) is 0 Å². The Bertz CT molecular complexity index is 1330. The van der Waals surface area contributed by atoms with Gasteiger partial charge in [0.2, 0.25) is 0 Å². The van der Waals surface area contributed by atoms with E-state index in [2.05, 4.69) is 4.98 Å². The zero-order chi connectivity index (χ0) is 22.1. The predicted octanol–water partition coefficient (Wildman–Crippen LogP) is 2.13. The van der Waals surface area contributed by atoms with Crippen LogP contribution in [0.1, 0.15) is 38.1 Å². The fourth-order valence-electron chi connectivity index (χ4n) is 3.30. The molecule has 1 aromatic carbocycles. The highest BCUT2D eigenvalue weighted by Gasteiger charge is 2.18. The van der Waals surface area contributed by atoms with Gasteiger partial charge in [-0.25, -0.2) is 9.78 Å². The molecule has 0 aliphatic carbocycles. The Hall–Kier alpha value is -2.98. The van der Waals surface area contributed by atoms with E-state index in [4.69, 9.17) is 4.55 Å². The maximum Gasteiger partial charge on any atom is 0.332 e. The number of benzene rings is 1. The molecule has 30 heavy (non-hydrogen) atoms. The minimum Gasteiger partial charge on any atom is -0.322 e. The predicted molar refractivity (Wildman–Crippen MR) is 115 cm³/mol. The van der Waals surface area contributed by atoms with Crippen molar-refractivity contribution in [2.24, 2.45) is 7.05 Å². The Kier molecular flexibility index (Phi) is 6.09. The van der Waals surface area contributed by atoms with E-state index in [1.165, 1.54) is 21.3 Å². The van der Waals surface area contributed by atoms with E-state index >= 15 is 0 Å². The first-order valence-corrected chi connectivity index (χ1v) is 11.1. The van der Waals surface area contributed by atoms with Crippen molar-refractivity contribution in [2.75, 3.05) is 0 Å². The first-order chi connectivity index (χ1) is 14.2. The monoisotopic (exact) mass is 432 g/mol. The largest absolute Gasteiger partial charge is 0.332 e. The molecule has 0 aliphatic heterocycles. The smallest absolute Gasteiger partial charge is 0.322 e. The average Bonchev–Trinajstić information content (AvgIpc) is 3.03. The molecule has 1 N–H and O–H groups in total. The number of hydrogen-bond acceptors (Lipinski definition) is 5. The van der Waals surface area contributed by atoms with Crippen LogP contribution in [-0.4, -0.2) is 31.7 Å². The zero-order valence-electron chi connectivity index (χ0n) is 17.1. The number of fused-ring (bicyclic) bond motifs is 1. The summed E-state index contributed by atoms with van der Waals surface area (Å²) in [5, 5.41) is 0. The molecule has 0 aliphatic rings. The lowest BCUT2D eigenvalue weighted by atomic mass is 10.2. The van der Waals surface area contributed by atoms with E-state index in [1.54, 1.807) is 35.9 Å². The molecular formula is C20H24N4O5S. The molecule has 0 atom stereocenters. The van der Waals surface area contributed by atoms with Crippen LogP contribution in [0.5, 0.6) is 0 Å². The number of hydrogen-bond donors (Lipinski definition) is 1. The molecule has 9 nitrogen and oxygen atoms in total. The molecule has 2 aromatic heterocycles. The topological polar surface area (TPSA) is 116 Å². The van der Waals surface area contributed by atoms with Gasteiger partial charge in [0.05, 0.1) is 4.90 Å². The molecule has 0 amide bonds. The lowest BCUT2D eigenvalue weighted by Gasteiger charge is -2.10. The number of nitrogens with zero attached hydrogens (tertiary/aromatic N) is 4. The molecule has 160 valence electrons. The van der Waals surface area contributed by atoms with Gasteiger partial charge in [-0.3, -0.25) is 18.5 Å². The van der Waals surface area contributed by atoms with Crippen LogP contribution < -0.4 is 11.2 Å². The van der Waals surface area contributed by atoms with E-state index in [0.717, 1.165) is 6.42 Å². The van der Waals surface area contributed by atoms with Crippen molar-refractivity contribution in [1.82, 2.24) is 18.7 Å². The van der Waals surface area contributed by atoms with Crippen molar-refractivity contribution < 1.29 is 13.0 Å². The summed E-state index contributed by atoms with van der Waals surface area (Å²) in [4.78, 5) is 30.0. The Morgan fingerprint density at radius 3 is 2.17 bits per heavy atom. The Morgan fingerprint density at radius 2 is 1.60 bits per heavy atom. The third kappa shape index (κ3) is 4.01. The summed E-state index contributed by atoms with van der Waals surface area (Å²) in [5.41, 5.74) is 0.673. The fourth-order valence-corrected chi connectivity index (χ4v) is 3.78. The summed E-state index contributed by atoms with van der Waals surface area (Å²) in [6, 6.07) is 5.69. The second-order valence-electron chi connectivity index (χ2n) is 6.97. The molecule has 0 radical (unpaired) electrons. The highest BCUT2D eigenvalue weighted by Crippen LogP contribution is 2.15. The molecule has 10 heteroatoms. The molecule has 2 heterocycles. The fraction of sp³-hybridized carbons (Fsp3) is 0.350. The van der Waals surface area contributed by atoms with E-state index in [-0.39, 0.29) is 16.1 Å². The SMILES string of the molecule is CCCn1c(=O)c2c(nc(C=Cc3ccc(S(=O)(=O)O)cc3)n2C)n(CCC)c1=O. The van der Waals surface area contributed by atoms with E-state index in [1.807, 2.05) is 13.8 Å². The van der Waals surface area contributed by atoms with Gasteiger partial charge in [0.1, 0.15) is 5.82 Å². The molecule has 0 saturated carbocycles. The second kappa shape index (κ2) is 8.41. The van der Waals surface area contributed by atoms with E-state index in [0.29, 0.717) is 42.1 Å². The van der Waals surface area contributed by atoms with Crippen molar-refractivity contribution in [3.05, 3.63) is 56.5 Å². The Morgan fingerprint density at radius 1 is 1.00 bits per heavy atom. The van der Waals surface area contributed by atoms with Gasteiger partial charge in [0.15, 0.2) is 11.2 Å². The minimum atomic E-state index is -4.25. The summed E-state index contributed by atoms with van der Waals surface area (Å²) in [6.45, 7) is 4.66. The summed E-state index contributed by atoms with van der Waals surface area (Å²) >= 11 is 0. The quantitative estimate of drug-likeness (QED) is 0.572. The maximum atomic E-state index is 12.9. The number of aryl methyl sites for hydroxylation is 2. The molecular weight excluding hydrogens is 408 g/mol. The molecule has 0 fully saturated rings. The van der Waals surface area contributed by atoms with Crippen LogP contribution >= 0.6 is 0 Å². The number of aromatic nitrogens is 4. The van der Waals surface area contributed by atoms with Crippen molar-refractivity contribution in [2.45, 2.75) is 44.7 Å². The lowest BCUT2D eigenvalue weighted by molar-refractivity contribution is 0.483. The van der Waals surface area contributed by atoms with Gasteiger partial charge in [0.25, 0.3) is 15.7 Å². The summed E-state index contributed by atoms with van der Waals surface area (Å²) in [6.07, 6.45) is 4.78. The van der Waals surface area contributed by atoms with Crippen LogP contribution in [0.3, 0.4) is 0 Å². The molecule has 0 spiro atoms. The average molecular weight is 433 g/mol. The van der Waals surface area contributed by atoms with Crippen LogP contribution in [0.15, 0.2) is 38.8 Å². The lowest BCUT2D eigenvalue weighted by Crippen LogP contribution is -2.40. The molecule has 3 aromatic rings. The highest BCUT2D eigenvalue weighted by atomic mass is 32.2. The van der Waals surface area contributed by atoms with Crippen LogP contribution in [-0.2, 0) is 30.3 Å². The third-order valence-corrected chi connectivity index (χ3v) is 5.64. The number of rotatable bonds is 7. The van der Waals surface area contributed by atoms with Gasteiger partial charge < -0.3 is 4.57 Å². The van der Waals surface area contributed by atoms with E-state index < -0.39 is 10.1 Å². The first kappa shape index (κ1) is 21.7. The van der Waals surface area contributed by atoms with Gasteiger partial charge in [-0.05, 0) is 36.6 Å². The van der Waals surface area contributed by atoms with Gasteiger partial charge >= 0.3 is 5.69 Å². The van der Waals surface area contributed by atoms with Crippen molar-refractivity contribution in [3.63, 3.8) is 0 Å². The third-order valence-electron chi connectivity index (χ3n) is 4.77. The van der Waals surface area contributed by atoms with Crippen molar-refractivity contribution in [3.8, 4) is 0 Å². The van der Waals surface area contributed by atoms with Gasteiger partial charge in [0, 0.05) is 20.1 Å². The molecule has 3 rings (SSSR count). The summed E-state index contributed by atoms with van der Waals surface area (Å²) < 4.78 is 35.8. The standard InChI is InChI=1S/C20H24N4O5S/c1-4-12-23-18-17(19(25)24(13-5-2)20(23)26)22(3)16(21-18)11-8-14-6-9-15(10-7-14)30(27,28)29/h6-11H,4-5,12-13H2,1-3H3,(H,27,28,29). The molecule has 0 unspecified atom stereocenters. The van der Waals surface area contributed by atoms with E-state index in [9.17, 15) is 18.0 Å². The maximum absolute atomic E-state index is 12.9. The highest BCUT2D eigenvalue weighted by molar-refractivity contribution is 7.85. The summed E-state index contributed by atoms with van der Waals surface area (Å²) in [7, 11) is -2.53. The van der Waals surface area contributed by atoms with Crippen LogP contribution in [0.25, 0.3) is 23.3 Å². The Balaban J connectivity index is 2.11. The van der Waals surface area contributed by atoms with Crippen molar-refractivity contribution in [1.29, 1.82) is 0 Å². The normalized spacial score (nSPS) is 12.3. The van der Waals surface area contributed by atoms with Crippen LogP contribution in [0.4, 0.5) is 0 Å². The second-order valence-corrected chi connectivity index (χ2v) is 8.39. The number of imidazole rings is 1. The van der Waals surface area contributed by atoms with Gasteiger partial charge in [-0.1, -0.05) is 32.1 Å². The first-order valence-electron chi connectivity index (χ1n) is 9.64. The minimum absolute atomic E-state index is 0.192. The van der Waals surface area contributed by atoms with Gasteiger partial charge in [-0.2, -0.15) is 8.42 Å². The molecule has 0 bridgehead atoms. The summed E-state index contributed by atoms with van der Waals surface area (Å²) in [5.74, 6) is 0.486. The van der Waals surface area contributed by atoms with Crippen LogP contribution in [0.2, 0.25) is 0 Å². The Labute approximate surface area is 173 Å². The van der Waals surface area contributed by atoms with Crippen molar-refractivity contribution >= 4 is 33.4 Å². The van der Waals surface area contributed by atoms with Gasteiger partial charge in [-0.15, -0.1) is 0 Å².